The Bertz CT molecular complexity index is 648. The second-order valence-corrected chi connectivity index (χ2v) is 4.25. The van der Waals surface area contributed by atoms with E-state index in [1.165, 1.54) is 25.6 Å². The quantitative estimate of drug-likeness (QED) is 0.673. The van der Waals surface area contributed by atoms with Crippen molar-refractivity contribution in [2.45, 2.75) is 13.0 Å². The molecule has 0 bridgehead atoms. The summed E-state index contributed by atoms with van der Waals surface area (Å²) in [6.45, 7) is 1.78. The molecule has 0 saturated carbocycles. The summed E-state index contributed by atoms with van der Waals surface area (Å²) < 4.78 is 17.8. The molecule has 0 fully saturated rings. The number of rotatable bonds is 5. The van der Waals surface area contributed by atoms with E-state index in [9.17, 15) is 14.5 Å². The predicted molar refractivity (Wildman–Crippen MR) is 73.7 cm³/mol. The number of hydrogen-bond donors (Lipinski definition) is 1. The summed E-state index contributed by atoms with van der Waals surface area (Å²) >= 11 is 0. The molecule has 1 aromatic carbocycles. The Balaban J connectivity index is 2.30. The molecule has 1 atom stereocenters. The van der Waals surface area contributed by atoms with E-state index in [4.69, 9.17) is 4.74 Å². The SMILES string of the molecule is COc1ncnc(NC(C)c2ccc(F)cc2)c1[N+](=O)[O-]. The van der Waals surface area contributed by atoms with Gasteiger partial charge in [0.1, 0.15) is 12.1 Å². The van der Waals surface area contributed by atoms with Crippen LogP contribution in [0.25, 0.3) is 0 Å². The summed E-state index contributed by atoms with van der Waals surface area (Å²) in [7, 11) is 1.29. The third-order valence-corrected chi connectivity index (χ3v) is 2.89. The van der Waals surface area contributed by atoms with Crippen molar-refractivity contribution in [2.75, 3.05) is 12.4 Å². The van der Waals surface area contributed by atoms with E-state index in [1.54, 1.807) is 19.1 Å². The zero-order chi connectivity index (χ0) is 15.4. The maximum absolute atomic E-state index is 12.9. The summed E-state index contributed by atoms with van der Waals surface area (Å²) in [5, 5.41) is 14.0. The third kappa shape index (κ3) is 3.22. The molecule has 8 heteroatoms. The minimum absolute atomic E-state index is 0.0451. The maximum Gasteiger partial charge on any atom is 0.372 e. The lowest BCUT2D eigenvalue weighted by atomic mass is 10.1. The van der Waals surface area contributed by atoms with Gasteiger partial charge in [-0.25, -0.2) is 9.37 Å². The number of methoxy groups -OCH3 is 1. The average Bonchev–Trinajstić information content (AvgIpc) is 2.47. The fourth-order valence-corrected chi connectivity index (χ4v) is 1.82. The molecule has 7 nitrogen and oxygen atoms in total. The molecule has 2 aromatic rings. The van der Waals surface area contributed by atoms with Gasteiger partial charge in [-0.2, -0.15) is 4.98 Å². The van der Waals surface area contributed by atoms with E-state index in [0.29, 0.717) is 0 Å². The van der Waals surface area contributed by atoms with Gasteiger partial charge in [-0.1, -0.05) is 12.1 Å². The molecular formula is C13H13FN4O3. The van der Waals surface area contributed by atoms with E-state index in [0.717, 1.165) is 5.56 Å². The number of benzene rings is 1. The van der Waals surface area contributed by atoms with Crippen LogP contribution in [0.5, 0.6) is 5.88 Å². The molecule has 0 amide bonds. The molecule has 0 spiro atoms. The first-order valence-electron chi connectivity index (χ1n) is 6.08. The van der Waals surface area contributed by atoms with Crippen molar-refractivity contribution in [2.24, 2.45) is 0 Å². The molecule has 2 rings (SSSR count). The van der Waals surface area contributed by atoms with Gasteiger partial charge in [-0.15, -0.1) is 0 Å². The summed E-state index contributed by atoms with van der Waals surface area (Å²) in [5.74, 6) is -0.423. The maximum atomic E-state index is 12.9. The molecule has 0 aliphatic heterocycles. The fourth-order valence-electron chi connectivity index (χ4n) is 1.82. The normalized spacial score (nSPS) is 11.8. The smallest absolute Gasteiger partial charge is 0.372 e. The number of nitrogens with one attached hydrogen (secondary N) is 1. The molecule has 0 saturated heterocycles. The number of nitrogens with zero attached hydrogens (tertiary/aromatic N) is 3. The van der Waals surface area contributed by atoms with Crippen LogP contribution in [-0.2, 0) is 0 Å². The zero-order valence-electron chi connectivity index (χ0n) is 11.4. The molecule has 0 aliphatic carbocycles. The zero-order valence-corrected chi connectivity index (χ0v) is 11.4. The van der Waals surface area contributed by atoms with E-state index >= 15 is 0 Å². The van der Waals surface area contributed by atoms with Crippen LogP contribution in [0.15, 0.2) is 30.6 Å². The number of ether oxygens (including phenoxy) is 1. The highest BCUT2D eigenvalue weighted by molar-refractivity contribution is 5.61. The Morgan fingerprint density at radius 2 is 2.00 bits per heavy atom. The lowest BCUT2D eigenvalue weighted by molar-refractivity contribution is -0.385. The van der Waals surface area contributed by atoms with Gasteiger partial charge in [0.2, 0.25) is 5.82 Å². The number of hydrogen-bond acceptors (Lipinski definition) is 6. The second-order valence-electron chi connectivity index (χ2n) is 4.25. The highest BCUT2D eigenvalue weighted by Crippen LogP contribution is 2.32. The summed E-state index contributed by atoms with van der Waals surface area (Å²) in [5.41, 5.74) is 0.428. The monoisotopic (exact) mass is 292 g/mol. The van der Waals surface area contributed by atoms with Crippen molar-refractivity contribution < 1.29 is 14.1 Å². The minimum Gasteiger partial charge on any atom is -0.476 e. The van der Waals surface area contributed by atoms with Crippen molar-refractivity contribution in [3.63, 3.8) is 0 Å². The Hall–Kier alpha value is -2.77. The Labute approximate surface area is 120 Å². The minimum atomic E-state index is -0.613. The largest absolute Gasteiger partial charge is 0.476 e. The molecular weight excluding hydrogens is 279 g/mol. The number of nitro groups is 1. The van der Waals surface area contributed by atoms with Crippen LogP contribution in [0.2, 0.25) is 0 Å². The Morgan fingerprint density at radius 1 is 1.33 bits per heavy atom. The summed E-state index contributed by atoms with van der Waals surface area (Å²) in [4.78, 5) is 18.1. The van der Waals surface area contributed by atoms with Crippen molar-refractivity contribution in [3.8, 4) is 5.88 Å². The molecule has 21 heavy (non-hydrogen) atoms. The number of halogens is 1. The molecule has 1 heterocycles. The van der Waals surface area contributed by atoms with Crippen LogP contribution >= 0.6 is 0 Å². The van der Waals surface area contributed by atoms with Crippen molar-refractivity contribution in [3.05, 3.63) is 52.1 Å². The van der Waals surface area contributed by atoms with E-state index in [-0.39, 0.29) is 29.2 Å². The van der Waals surface area contributed by atoms with Crippen LogP contribution in [-0.4, -0.2) is 22.0 Å². The molecule has 0 aliphatic rings. The molecule has 1 aromatic heterocycles. The van der Waals surface area contributed by atoms with Gasteiger partial charge in [0.05, 0.1) is 18.1 Å². The lowest BCUT2D eigenvalue weighted by Gasteiger charge is -2.15. The van der Waals surface area contributed by atoms with E-state index < -0.39 is 4.92 Å². The van der Waals surface area contributed by atoms with Crippen molar-refractivity contribution in [1.29, 1.82) is 0 Å². The first-order chi connectivity index (χ1) is 10.0. The van der Waals surface area contributed by atoms with Gasteiger partial charge in [0.25, 0.3) is 5.88 Å². The van der Waals surface area contributed by atoms with Crippen LogP contribution in [0.3, 0.4) is 0 Å². The van der Waals surface area contributed by atoms with Crippen molar-refractivity contribution in [1.82, 2.24) is 9.97 Å². The second kappa shape index (κ2) is 6.12. The average molecular weight is 292 g/mol. The lowest BCUT2D eigenvalue weighted by Crippen LogP contribution is -2.11. The van der Waals surface area contributed by atoms with E-state index in [2.05, 4.69) is 15.3 Å². The fraction of sp³-hybridized carbons (Fsp3) is 0.231. The van der Waals surface area contributed by atoms with Gasteiger partial charge >= 0.3 is 5.69 Å². The molecule has 1 unspecified atom stereocenters. The third-order valence-electron chi connectivity index (χ3n) is 2.89. The number of anilines is 1. The first kappa shape index (κ1) is 14.6. The van der Waals surface area contributed by atoms with E-state index in [1.807, 2.05) is 0 Å². The number of aromatic nitrogens is 2. The van der Waals surface area contributed by atoms with Crippen molar-refractivity contribution >= 4 is 11.5 Å². The van der Waals surface area contributed by atoms with Gasteiger partial charge in [0, 0.05) is 0 Å². The summed E-state index contributed by atoms with van der Waals surface area (Å²) in [6.07, 6.45) is 1.17. The van der Waals surface area contributed by atoms with Gasteiger partial charge in [-0.3, -0.25) is 10.1 Å². The van der Waals surface area contributed by atoms with Gasteiger partial charge in [0.15, 0.2) is 0 Å². The van der Waals surface area contributed by atoms with Gasteiger partial charge in [-0.05, 0) is 24.6 Å². The molecule has 1 N–H and O–H groups in total. The Kier molecular flexibility index (Phi) is 4.27. The van der Waals surface area contributed by atoms with Crippen LogP contribution in [0.4, 0.5) is 15.9 Å². The van der Waals surface area contributed by atoms with Crippen LogP contribution in [0.1, 0.15) is 18.5 Å². The molecule has 0 radical (unpaired) electrons. The predicted octanol–water partition coefficient (Wildman–Crippen LogP) is 2.71. The first-order valence-corrected chi connectivity index (χ1v) is 6.08. The highest BCUT2D eigenvalue weighted by Gasteiger charge is 2.25. The summed E-state index contributed by atoms with van der Waals surface area (Å²) in [6, 6.07) is 5.53. The molecule has 110 valence electrons. The van der Waals surface area contributed by atoms with Gasteiger partial charge < -0.3 is 10.1 Å². The topological polar surface area (TPSA) is 90.2 Å². The standard InChI is InChI=1S/C13H13FN4O3/c1-8(9-3-5-10(14)6-4-9)17-12-11(18(19)20)13(21-2)16-7-15-12/h3-8H,1-2H3,(H,15,16,17). The highest BCUT2D eigenvalue weighted by atomic mass is 19.1. The van der Waals surface area contributed by atoms with Crippen LogP contribution in [0, 0.1) is 15.9 Å². The Morgan fingerprint density at radius 3 is 2.57 bits per heavy atom. The van der Waals surface area contributed by atoms with Crippen LogP contribution < -0.4 is 10.1 Å².